The van der Waals surface area contributed by atoms with Gasteiger partial charge in [0, 0.05) is 50.4 Å². The van der Waals surface area contributed by atoms with Crippen LogP contribution in [0.5, 0.6) is 0 Å². The van der Waals surface area contributed by atoms with Gasteiger partial charge in [-0.2, -0.15) is 0 Å². The molecule has 2 saturated heterocycles. The van der Waals surface area contributed by atoms with Gasteiger partial charge in [0.2, 0.25) is 0 Å². The molecular weight excluding hydrogens is 391 g/mol. The smallest absolute Gasteiger partial charge is 0.322 e. The van der Waals surface area contributed by atoms with Crippen LogP contribution in [0.2, 0.25) is 5.02 Å². The van der Waals surface area contributed by atoms with Crippen molar-refractivity contribution in [3.8, 4) is 0 Å². The van der Waals surface area contributed by atoms with Gasteiger partial charge in [0.15, 0.2) is 0 Å². The summed E-state index contributed by atoms with van der Waals surface area (Å²) in [4.78, 5) is 39.8. The first-order valence-corrected chi connectivity index (χ1v) is 9.26. The maximum absolute atomic E-state index is 13.6. The molecule has 0 radical (unpaired) electrons. The number of hydrogen-bond donors (Lipinski definition) is 2. The minimum atomic E-state index is -1.20. The second kappa shape index (κ2) is 7.92. The lowest BCUT2D eigenvalue weighted by Crippen LogP contribution is -2.54. The molecule has 2 aliphatic rings. The molecule has 0 aromatic heterocycles. The number of carbonyl (C=O) groups is 3. The number of hydrogen-bond acceptors (Lipinski definition) is 5. The molecule has 2 atom stereocenters. The van der Waals surface area contributed by atoms with Gasteiger partial charge < -0.3 is 19.9 Å². The first-order valence-electron chi connectivity index (χ1n) is 8.88. The summed E-state index contributed by atoms with van der Waals surface area (Å²) in [5.74, 6) is -1.15. The number of halogens is 2. The first-order chi connectivity index (χ1) is 13.2. The Morgan fingerprint density at radius 3 is 2.50 bits per heavy atom. The van der Waals surface area contributed by atoms with E-state index >= 15 is 0 Å². The Hall–Kier alpha value is -2.39. The number of amides is 4. The normalized spacial score (nSPS) is 23.4. The largest absolute Gasteiger partial charge is 0.372 e. The number of benzene rings is 1. The third-order valence-corrected chi connectivity index (χ3v) is 5.29. The summed E-state index contributed by atoms with van der Waals surface area (Å²) in [5, 5.41) is 5.02. The Balaban J connectivity index is 1.62. The number of nitrogens with one attached hydrogen (secondary N) is 2. The van der Waals surface area contributed by atoms with E-state index in [0.717, 1.165) is 0 Å². The highest BCUT2D eigenvalue weighted by atomic mass is 35.5. The molecule has 2 aliphatic heterocycles. The highest BCUT2D eigenvalue weighted by molar-refractivity contribution is 6.30. The highest BCUT2D eigenvalue weighted by Crippen LogP contribution is 2.24. The highest BCUT2D eigenvalue weighted by Gasteiger charge is 2.45. The second-order valence-corrected chi connectivity index (χ2v) is 7.55. The summed E-state index contributed by atoms with van der Waals surface area (Å²) in [7, 11) is 1.39. The zero-order valence-corrected chi connectivity index (χ0v) is 16.4. The molecule has 1 aromatic rings. The van der Waals surface area contributed by atoms with E-state index in [9.17, 15) is 18.8 Å². The lowest BCUT2D eigenvalue weighted by molar-refractivity contribution is -0.144. The molecule has 3 rings (SSSR count). The van der Waals surface area contributed by atoms with E-state index in [0.29, 0.717) is 36.9 Å². The van der Waals surface area contributed by atoms with Gasteiger partial charge in [-0.3, -0.25) is 14.9 Å². The molecule has 4 amide bonds. The molecular formula is C18H22ClFN4O4. The van der Waals surface area contributed by atoms with Crippen LogP contribution in [0.1, 0.15) is 13.3 Å². The summed E-state index contributed by atoms with van der Waals surface area (Å²) in [6.07, 6.45) is -0.844. The lowest BCUT2D eigenvalue weighted by atomic mass is 9.93. The number of nitrogens with zero attached hydrogens (tertiary/aromatic N) is 2. The SMILES string of the molecule is COC(CC1(C)NC(=O)NC1=O)C(=O)N1CCN(c2cc(F)cc(Cl)c2)CC1. The van der Waals surface area contributed by atoms with Crippen LogP contribution in [-0.4, -0.2) is 67.7 Å². The summed E-state index contributed by atoms with van der Waals surface area (Å²) < 4.78 is 18.9. The van der Waals surface area contributed by atoms with Gasteiger partial charge in [-0.25, -0.2) is 9.18 Å². The number of imide groups is 1. The molecule has 2 heterocycles. The fourth-order valence-electron chi connectivity index (χ4n) is 3.48. The number of carbonyl (C=O) groups excluding carboxylic acids is 3. The predicted octanol–water partition coefficient (Wildman–Crippen LogP) is 1.13. The molecule has 2 fully saturated rings. The zero-order valence-electron chi connectivity index (χ0n) is 15.6. The molecule has 10 heteroatoms. The third-order valence-electron chi connectivity index (χ3n) is 5.08. The van der Waals surface area contributed by atoms with Crippen molar-refractivity contribution >= 4 is 35.1 Å². The van der Waals surface area contributed by atoms with E-state index in [2.05, 4.69) is 10.6 Å². The van der Waals surface area contributed by atoms with Gasteiger partial charge in [-0.1, -0.05) is 11.6 Å². The molecule has 2 unspecified atom stereocenters. The molecule has 1 aromatic carbocycles. The number of urea groups is 1. The average molecular weight is 413 g/mol. The van der Waals surface area contributed by atoms with Crippen molar-refractivity contribution in [2.75, 3.05) is 38.2 Å². The third kappa shape index (κ3) is 4.20. The van der Waals surface area contributed by atoms with E-state index in [4.69, 9.17) is 16.3 Å². The first kappa shape index (κ1) is 20.3. The lowest BCUT2D eigenvalue weighted by Gasteiger charge is -2.38. The maximum atomic E-state index is 13.6. The van der Waals surface area contributed by atoms with Crippen molar-refractivity contribution in [3.63, 3.8) is 0 Å². The molecule has 152 valence electrons. The fraction of sp³-hybridized carbons (Fsp3) is 0.500. The molecule has 2 N–H and O–H groups in total. The Morgan fingerprint density at radius 2 is 1.96 bits per heavy atom. The van der Waals surface area contributed by atoms with Crippen molar-refractivity contribution in [1.82, 2.24) is 15.5 Å². The van der Waals surface area contributed by atoms with Crippen LogP contribution < -0.4 is 15.5 Å². The maximum Gasteiger partial charge on any atom is 0.322 e. The van der Waals surface area contributed by atoms with Crippen molar-refractivity contribution in [2.24, 2.45) is 0 Å². The van der Waals surface area contributed by atoms with Crippen LogP contribution >= 0.6 is 11.6 Å². The summed E-state index contributed by atoms with van der Waals surface area (Å²) in [6, 6.07) is 3.75. The summed E-state index contributed by atoms with van der Waals surface area (Å²) in [6.45, 7) is 3.41. The van der Waals surface area contributed by atoms with Gasteiger partial charge in [-0.05, 0) is 25.1 Å². The average Bonchev–Trinajstić information content (AvgIpc) is 2.90. The molecule has 0 spiro atoms. The van der Waals surface area contributed by atoms with Crippen molar-refractivity contribution < 1.29 is 23.5 Å². The minimum absolute atomic E-state index is 0.0274. The van der Waals surface area contributed by atoms with E-state index in [-0.39, 0.29) is 12.3 Å². The minimum Gasteiger partial charge on any atom is -0.372 e. The predicted molar refractivity (Wildman–Crippen MR) is 101 cm³/mol. The Kier molecular flexibility index (Phi) is 5.76. The van der Waals surface area contributed by atoms with Crippen LogP contribution in [-0.2, 0) is 14.3 Å². The van der Waals surface area contributed by atoms with Gasteiger partial charge >= 0.3 is 6.03 Å². The van der Waals surface area contributed by atoms with Crippen LogP contribution in [0.3, 0.4) is 0 Å². The van der Waals surface area contributed by atoms with Crippen LogP contribution in [0.4, 0.5) is 14.9 Å². The van der Waals surface area contributed by atoms with Crippen LogP contribution in [0, 0.1) is 5.82 Å². The van der Waals surface area contributed by atoms with Gasteiger partial charge in [0.25, 0.3) is 11.8 Å². The monoisotopic (exact) mass is 412 g/mol. The molecule has 28 heavy (non-hydrogen) atoms. The van der Waals surface area contributed by atoms with E-state index < -0.39 is 29.4 Å². The second-order valence-electron chi connectivity index (χ2n) is 7.11. The molecule has 0 saturated carbocycles. The number of anilines is 1. The zero-order chi connectivity index (χ0) is 20.5. The fourth-order valence-corrected chi connectivity index (χ4v) is 3.69. The van der Waals surface area contributed by atoms with Gasteiger partial charge in [-0.15, -0.1) is 0 Å². The van der Waals surface area contributed by atoms with E-state index in [1.807, 2.05) is 4.90 Å². The quantitative estimate of drug-likeness (QED) is 0.707. The van der Waals surface area contributed by atoms with Crippen molar-refractivity contribution in [2.45, 2.75) is 25.0 Å². The van der Waals surface area contributed by atoms with E-state index in [1.165, 1.54) is 19.2 Å². The Bertz CT molecular complexity index is 780. The molecule has 0 aliphatic carbocycles. The standard InChI is InChI=1S/C18H22ClFN4O4/c1-18(16(26)21-17(27)22-18)10-14(28-2)15(25)24-5-3-23(4-6-24)13-8-11(19)7-12(20)9-13/h7-9,14H,3-6,10H2,1-2H3,(H2,21,22,26,27). The Morgan fingerprint density at radius 1 is 1.29 bits per heavy atom. The molecule has 0 bridgehead atoms. The number of piperazine rings is 1. The van der Waals surface area contributed by atoms with Crippen molar-refractivity contribution in [1.29, 1.82) is 0 Å². The van der Waals surface area contributed by atoms with E-state index in [1.54, 1.807) is 17.9 Å². The summed E-state index contributed by atoms with van der Waals surface area (Å²) in [5.41, 5.74) is -0.536. The topological polar surface area (TPSA) is 91.0 Å². The number of methoxy groups -OCH3 is 1. The van der Waals surface area contributed by atoms with Gasteiger partial charge in [0.05, 0.1) is 0 Å². The van der Waals surface area contributed by atoms with Crippen molar-refractivity contribution in [3.05, 3.63) is 29.0 Å². The number of rotatable bonds is 5. The van der Waals surface area contributed by atoms with Crippen LogP contribution in [0.25, 0.3) is 0 Å². The molecule has 8 nitrogen and oxygen atoms in total. The Labute approximate surface area is 166 Å². The van der Waals surface area contributed by atoms with Crippen LogP contribution in [0.15, 0.2) is 18.2 Å². The van der Waals surface area contributed by atoms with Gasteiger partial charge in [0.1, 0.15) is 17.5 Å². The summed E-state index contributed by atoms with van der Waals surface area (Å²) >= 11 is 5.91. The number of ether oxygens (including phenoxy) is 1.